The van der Waals surface area contributed by atoms with E-state index in [1.807, 2.05) is 57.2 Å². The number of nitrogens with zero attached hydrogens (tertiary/aromatic N) is 1. The predicted octanol–water partition coefficient (Wildman–Crippen LogP) is 5.36. The fourth-order valence-corrected chi connectivity index (χ4v) is 2.99. The zero-order valence-corrected chi connectivity index (χ0v) is 16.7. The molecule has 2 aromatic carbocycles. The van der Waals surface area contributed by atoms with Crippen molar-refractivity contribution in [2.24, 2.45) is 0 Å². The second-order valence-corrected chi connectivity index (χ2v) is 6.33. The van der Waals surface area contributed by atoms with Crippen LogP contribution in [0, 0.1) is 13.8 Å². The number of pyridine rings is 1. The molecule has 0 atom stereocenters. The first kappa shape index (κ1) is 19.5. The molecule has 0 radical (unpaired) electrons. The maximum Gasteiger partial charge on any atom is 0.513 e. The van der Waals surface area contributed by atoms with Crippen LogP contribution in [0.4, 0.5) is 4.79 Å². The van der Waals surface area contributed by atoms with Crippen LogP contribution >= 0.6 is 0 Å². The maximum atomic E-state index is 11.8. The number of benzene rings is 2. The van der Waals surface area contributed by atoms with Gasteiger partial charge in [0.15, 0.2) is 0 Å². The van der Waals surface area contributed by atoms with Crippen LogP contribution in [0.25, 0.3) is 10.9 Å². The van der Waals surface area contributed by atoms with E-state index in [0.29, 0.717) is 22.6 Å². The smallest absolute Gasteiger partial charge is 0.497 e. The molecule has 0 aliphatic rings. The number of ether oxygens (including phenoxy) is 4. The van der Waals surface area contributed by atoms with Crippen LogP contribution in [0.3, 0.4) is 0 Å². The molecule has 0 fully saturated rings. The average Bonchev–Trinajstić information content (AvgIpc) is 2.71. The van der Waals surface area contributed by atoms with E-state index in [1.165, 1.54) is 7.11 Å². The first-order valence-electron chi connectivity index (χ1n) is 8.98. The van der Waals surface area contributed by atoms with Gasteiger partial charge in [-0.15, -0.1) is 0 Å². The van der Waals surface area contributed by atoms with Gasteiger partial charge in [-0.1, -0.05) is 6.92 Å². The van der Waals surface area contributed by atoms with E-state index in [9.17, 15) is 4.79 Å². The lowest BCUT2D eigenvalue weighted by atomic mass is 10.0. The van der Waals surface area contributed by atoms with E-state index < -0.39 is 6.16 Å². The van der Waals surface area contributed by atoms with Gasteiger partial charge in [0.25, 0.3) is 0 Å². The SMILES string of the molecule is CCc1nc2cc(C)c(Oc3ccc(OC)cc3)cc2c(OC(=O)OC)c1C. The number of aromatic nitrogens is 1. The second kappa shape index (κ2) is 8.17. The number of carbonyl (C=O) groups is 1. The lowest BCUT2D eigenvalue weighted by Crippen LogP contribution is -2.10. The van der Waals surface area contributed by atoms with Gasteiger partial charge in [0.05, 0.1) is 19.7 Å². The van der Waals surface area contributed by atoms with Gasteiger partial charge in [-0.25, -0.2) is 4.79 Å². The van der Waals surface area contributed by atoms with Crippen LogP contribution in [0.15, 0.2) is 36.4 Å². The Bertz CT molecular complexity index is 1010. The molecule has 0 bridgehead atoms. The highest BCUT2D eigenvalue weighted by molar-refractivity contribution is 5.90. The van der Waals surface area contributed by atoms with Crippen LogP contribution < -0.4 is 14.2 Å². The quantitative estimate of drug-likeness (QED) is 0.554. The minimum atomic E-state index is -0.768. The highest BCUT2D eigenvalue weighted by Gasteiger charge is 2.18. The zero-order valence-electron chi connectivity index (χ0n) is 16.7. The van der Waals surface area contributed by atoms with Crippen LogP contribution in [0.2, 0.25) is 0 Å². The molecule has 0 amide bonds. The lowest BCUT2D eigenvalue weighted by Gasteiger charge is -2.16. The molecule has 3 rings (SSSR count). The molecule has 6 heteroatoms. The third-order valence-corrected chi connectivity index (χ3v) is 4.54. The number of hydrogen-bond donors (Lipinski definition) is 0. The molecule has 6 nitrogen and oxygen atoms in total. The van der Waals surface area contributed by atoms with Crippen LogP contribution in [-0.4, -0.2) is 25.4 Å². The van der Waals surface area contributed by atoms with Crippen LogP contribution in [0.1, 0.15) is 23.7 Å². The van der Waals surface area contributed by atoms with Gasteiger partial charge >= 0.3 is 6.16 Å². The highest BCUT2D eigenvalue weighted by Crippen LogP contribution is 2.37. The maximum absolute atomic E-state index is 11.8. The van der Waals surface area contributed by atoms with Crippen LogP contribution in [-0.2, 0) is 11.2 Å². The number of aryl methyl sites for hydroxylation is 2. The molecule has 3 aromatic rings. The van der Waals surface area contributed by atoms with Gasteiger partial charge in [-0.3, -0.25) is 4.98 Å². The third-order valence-electron chi connectivity index (χ3n) is 4.54. The summed E-state index contributed by atoms with van der Waals surface area (Å²) in [5.74, 6) is 2.52. The lowest BCUT2D eigenvalue weighted by molar-refractivity contribution is 0.121. The summed E-state index contributed by atoms with van der Waals surface area (Å²) in [5.41, 5.74) is 3.33. The summed E-state index contributed by atoms with van der Waals surface area (Å²) >= 11 is 0. The Morgan fingerprint density at radius 1 is 1.04 bits per heavy atom. The van der Waals surface area contributed by atoms with Gasteiger partial charge < -0.3 is 18.9 Å². The van der Waals surface area contributed by atoms with Crippen molar-refractivity contribution in [1.29, 1.82) is 0 Å². The van der Waals surface area contributed by atoms with Crippen molar-refractivity contribution in [3.05, 3.63) is 53.2 Å². The van der Waals surface area contributed by atoms with Crippen molar-refractivity contribution in [2.45, 2.75) is 27.2 Å². The van der Waals surface area contributed by atoms with Crippen molar-refractivity contribution in [3.8, 4) is 23.0 Å². The Morgan fingerprint density at radius 3 is 2.32 bits per heavy atom. The molecule has 0 unspecified atom stereocenters. The second-order valence-electron chi connectivity index (χ2n) is 6.33. The molecule has 0 spiro atoms. The van der Waals surface area contributed by atoms with Gasteiger partial charge in [0, 0.05) is 16.6 Å². The van der Waals surface area contributed by atoms with E-state index in [1.54, 1.807) is 7.11 Å². The minimum Gasteiger partial charge on any atom is -0.497 e. The molecular weight excluding hydrogens is 358 g/mol. The Hall–Kier alpha value is -3.28. The first-order chi connectivity index (χ1) is 13.5. The molecule has 0 N–H and O–H groups in total. The number of methoxy groups -OCH3 is 2. The molecule has 1 heterocycles. The van der Waals surface area contributed by atoms with Crippen molar-refractivity contribution in [2.75, 3.05) is 14.2 Å². The van der Waals surface area contributed by atoms with E-state index in [4.69, 9.17) is 19.2 Å². The molecule has 1 aromatic heterocycles. The molecular formula is C22H23NO5. The summed E-state index contributed by atoms with van der Waals surface area (Å²) in [4.78, 5) is 16.5. The van der Waals surface area contributed by atoms with Gasteiger partial charge in [-0.05, 0) is 62.2 Å². The Morgan fingerprint density at radius 2 is 1.71 bits per heavy atom. The fourth-order valence-electron chi connectivity index (χ4n) is 2.99. The predicted molar refractivity (Wildman–Crippen MR) is 107 cm³/mol. The van der Waals surface area contributed by atoms with Crippen molar-refractivity contribution in [3.63, 3.8) is 0 Å². The fraction of sp³-hybridized carbons (Fsp3) is 0.273. The summed E-state index contributed by atoms with van der Waals surface area (Å²) < 4.78 is 21.3. The molecule has 0 saturated carbocycles. The molecule has 0 aliphatic carbocycles. The van der Waals surface area contributed by atoms with E-state index in [0.717, 1.165) is 34.5 Å². The van der Waals surface area contributed by atoms with Crippen LogP contribution in [0.5, 0.6) is 23.0 Å². The Kier molecular flexibility index (Phi) is 5.68. The summed E-state index contributed by atoms with van der Waals surface area (Å²) in [7, 11) is 2.90. The first-order valence-corrected chi connectivity index (χ1v) is 8.98. The van der Waals surface area contributed by atoms with Gasteiger partial charge in [0.2, 0.25) is 0 Å². The summed E-state index contributed by atoms with van der Waals surface area (Å²) in [6, 6.07) is 11.1. The summed E-state index contributed by atoms with van der Waals surface area (Å²) in [6.45, 7) is 5.84. The van der Waals surface area contributed by atoms with Crippen molar-refractivity contribution in [1.82, 2.24) is 4.98 Å². The van der Waals surface area contributed by atoms with Gasteiger partial charge in [0.1, 0.15) is 23.0 Å². The molecule has 146 valence electrons. The minimum absolute atomic E-state index is 0.438. The average molecular weight is 381 g/mol. The molecule has 0 aliphatic heterocycles. The normalized spacial score (nSPS) is 10.6. The molecule has 0 saturated heterocycles. The van der Waals surface area contributed by atoms with E-state index in [-0.39, 0.29) is 0 Å². The Balaban J connectivity index is 2.10. The topological polar surface area (TPSA) is 66.9 Å². The molecule has 28 heavy (non-hydrogen) atoms. The highest BCUT2D eigenvalue weighted by atomic mass is 16.7. The Labute approximate surface area is 164 Å². The van der Waals surface area contributed by atoms with Gasteiger partial charge in [-0.2, -0.15) is 0 Å². The summed E-state index contributed by atoms with van der Waals surface area (Å²) in [6.07, 6.45) is -0.0431. The standard InChI is InChI=1S/C22H23NO5/c1-6-18-14(3)21(28-22(24)26-5)17-12-20(13(2)11-19(17)23-18)27-16-9-7-15(25-4)8-10-16/h7-12H,6H2,1-5H3. The van der Waals surface area contributed by atoms with Crippen molar-refractivity contribution < 1.29 is 23.7 Å². The number of hydrogen-bond acceptors (Lipinski definition) is 6. The van der Waals surface area contributed by atoms with Crippen molar-refractivity contribution >= 4 is 17.1 Å². The number of carbonyl (C=O) groups excluding carboxylic acids is 1. The van der Waals surface area contributed by atoms with E-state index >= 15 is 0 Å². The number of rotatable bonds is 5. The third kappa shape index (κ3) is 3.86. The van der Waals surface area contributed by atoms with E-state index in [2.05, 4.69) is 4.74 Å². The summed E-state index contributed by atoms with van der Waals surface area (Å²) in [5, 5.41) is 0.689. The zero-order chi connectivity index (χ0) is 20.3. The monoisotopic (exact) mass is 381 g/mol. The largest absolute Gasteiger partial charge is 0.513 e. The number of fused-ring (bicyclic) bond motifs is 1.